The van der Waals surface area contributed by atoms with Gasteiger partial charge in [-0.05, 0) is 30.0 Å². The number of fused-ring (bicyclic) bond motifs is 1. The van der Waals surface area contributed by atoms with E-state index in [-0.39, 0.29) is 5.92 Å². The highest BCUT2D eigenvalue weighted by Crippen LogP contribution is 2.28. The van der Waals surface area contributed by atoms with Crippen LogP contribution in [0, 0.1) is 0 Å². The van der Waals surface area contributed by atoms with Crippen LogP contribution in [0.5, 0.6) is 5.75 Å². The summed E-state index contributed by atoms with van der Waals surface area (Å²) in [6.45, 7) is 2.70. The molecule has 2 nitrogen and oxygen atoms in total. The summed E-state index contributed by atoms with van der Waals surface area (Å²) in [5, 5.41) is 0. The van der Waals surface area contributed by atoms with Gasteiger partial charge in [0.15, 0.2) is 0 Å². The highest BCUT2D eigenvalue weighted by Gasteiger charge is 2.12. The highest BCUT2D eigenvalue weighted by atomic mass is 16.5. The van der Waals surface area contributed by atoms with Crippen molar-refractivity contribution < 1.29 is 9.53 Å². The van der Waals surface area contributed by atoms with Crippen LogP contribution in [-0.4, -0.2) is 12.9 Å². The smallest absolute Gasteiger partial charge is 0.127 e. The van der Waals surface area contributed by atoms with Gasteiger partial charge < -0.3 is 9.53 Å². The third-order valence-corrected chi connectivity index (χ3v) is 2.67. The molecular formula is C12H14O2. The largest absolute Gasteiger partial charge is 0.493 e. The van der Waals surface area contributed by atoms with Crippen LogP contribution in [-0.2, 0) is 11.2 Å². The molecular weight excluding hydrogens is 176 g/mol. The maximum atomic E-state index is 10.6. The van der Waals surface area contributed by atoms with Gasteiger partial charge in [0.2, 0.25) is 0 Å². The predicted octanol–water partition coefficient (Wildman–Crippen LogP) is 2.31. The fraction of sp³-hybridized carbons (Fsp3) is 0.417. The lowest BCUT2D eigenvalue weighted by Crippen LogP contribution is -2.09. The maximum Gasteiger partial charge on any atom is 0.127 e. The van der Waals surface area contributed by atoms with Crippen molar-refractivity contribution in [3.8, 4) is 5.75 Å². The third-order valence-electron chi connectivity index (χ3n) is 2.67. The van der Waals surface area contributed by atoms with E-state index in [1.165, 1.54) is 5.56 Å². The molecule has 0 radical (unpaired) electrons. The number of benzene rings is 1. The first-order chi connectivity index (χ1) is 6.81. The summed E-state index contributed by atoms with van der Waals surface area (Å²) in [4.78, 5) is 10.6. The number of carbonyl (C=O) groups excluding carboxylic acids is 1. The summed E-state index contributed by atoms with van der Waals surface area (Å²) < 4.78 is 5.54. The Morgan fingerprint density at radius 3 is 3.14 bits per heavy atom. The first-order valence-corrected chi connectivity index (χ1v) is 5.02. The lowest BCUT2D eigenvalue weighted by atomic mass is 9.98. The molecule has 0 fully saturated rings. The zero-order chi connectivity index (χ0) is 9.97. The Balaban J connectivity index is 2.33. The van der Waals surface area contributed by atoms with Gasteiger partial charge in [-0.2, -0.15) is 0 Å². The average Bonchev–Trinajstić information content (AvgIpc) is 2.27. The third kappa shape index (κ3) is 1.65. The summed E-state index contributed by atoms with van der Waals surface area (Å²) in [5.41, 5.74) is 2.30. The molecule has 2 heteroatoms. The van der Waals surface area contributed by atoms with E-state index >= 15 is 0 Å². The van der Waals surface area contributed by atoms with Crippen molar-refractivity contribution in [3.05, 3.63) is 29.3 Å². The fourth-order valence-corrected chi connectivity index (χ4v) is 1.72. The van der Waals surface area contributed by atoms with Crippen LogP contribution < -0.4 is 4.74 Å². The van der Waals surface area contributed by atoms with Gasteiger partial charge in [-0.25, -0.2) is 0 Å². The van der Waals surface area contributed by atoms with E-state index in [9.17, 15) is 4.79 Å². The van der Waals surface area contributed by atoms with Gasteiger partial charge in [-0.15, -0.1) is 0 Å². The summed E-state index contributed by atoms with van der Waals surface area (Å²) in [7, 11) is 0. The molecule has 0 amide bonds. The normalized spacial score (nSPS) is 16.6. The van der Waals surface area contributed by atoms with Crippen molar-refractivity contribution in [2.75, 3.05) is 6.61 Å². The molecule has 2 rings (SSSR count). The molecule has 0 saturated carbocycles. The highest BCUT2D eigenvalue weighted by molar-refractivity contribution is 5.62. The number of hydrogen-bond acceptors (Lipinski definition) is 2. The van der Waals surface area contributed by atoms with Crippen LogP contribution in [0.3, 0.4) is 0 Å². The molecule has 0 aliphatic carbocycles. The number of rotatable bonds is 2. The average molecular weight is 190 g/mol. The summed E-state index contributed by atoms with van der Waals surface area (Å²) >= 11 is 0. The first kappa shape index (κ1) is 9.25. The van der Waals surface area contributed by atoms with Gasteiger partial charge in [-0.1, -0.05) is 19.1 Å². The molecule has 0 spiro atoms. The Bertz CT molecular complexity index is 344. The molecule has 14 heavy (non-hydrogen) atoms. The minimum absolute atomic E-state index is 0.0363. The molecule has 1 heterocycles. The van der Waals surface area contributed by atoms with Gasteiger partial charge >= 0.3 is 0 Å². The SMILES string of the molecule is CC(C=O)c1ccc2c(c1)OCCC2. The number of ether oxygens (including phenoxy) is 1. The van der Waals surface area contributed by atoms with Crippen molar-refractivity contribution >= 4 is 6.29 Å². The Morgan fingerprint density at radius 1 is 1.50 bits per heavy atom. The minimum Gasteiger partial charge on any atom is -0.493 e. The minimum atomic E-state index is -0.0363. The Morgan fingerprint density at radius 2 is 2.36 bits per heavy atom. The topological polar surface area (TPSA) is 26.3 Å². The van der Waals surface area contributed by atoms with Gasteiger partial charge in [0.05, 0.1) is 6.61 Å². The standard InChI is InChI=1S/C12H14O2/c1-9(8-13)11-5-4-10-3-2-6-14-12(10)7-11/h4-5,7-9H,2-3,6H2,1H3. The second kappa shape index (κ2) is 3.82. The summed E-state index contributed by atoms with van der Waals surface area (Å²) in [6.07, 6.45) is 3.14. The molecule has 1 aromatic rings. The van der Waals surface area contributed by atoms with Crippen LogP contribution in [0.15, 0.2) is 18.2 Å². The molecule has 1 atom stereocenters. The van der Waals surface area contributed by atoms with Gasteiger partial charge in [0.1, 0.15) is 12.0 Å². The van der Waals surface area contributed by atoms with Crippen molar-refractivity contribution in [1.29, 1.82) is 0 Å². The van der Waals surface area contributed by atoms with Gasteiger partial charge in [0.25, 0.3) is 0 Å². The lowest BCUT2D eigenvalue weighted by molar-refractivity contribution is -0.108. The van der Waals surface area contributed by atoms with Crippen molar-refractivity contribution in [1.82, 2.24) is 0 Å². The van der Waals surface area contributed by atoms with E-state index in [0.717, 1.165) is 37.0 Å². The molecule has 1 aromatic carbocycles. The Labute approximate surface area is 83.9 Å². The van der Waals surface area contributed by atoms with Gasteiger partial charge in [-0.3, -0.25) is 0 Å². The number of carbonyl (C=O) groups is 1. The van der Waals surface area contributed by atoms with E-state index in [4.69, 9.17) is 4.74 Å². The van der Waals surface area contributed by atoms with E-state index < -0.39 is 0 Å². The quantitative estimate of drug-likeness (QED) is 0.669. The summed E-state index contributed by atoms with van der Waals surface area (Å²) in [5.74, 6) is 0.924. The lowest BCUT2D eigenvalue weighted by Gasteiger charge is -2.18. The van der Waals surface area contributed by atoms with E-state index in [2.05, 4.69) is 6.07 Å². The fourth-order valence-electron chi connectivity index (χ4n) is 1.72. The number of hydrogen-bond donors (Lipinski definition) is 0. The molecule has 0 aromatic heterocycles. The Hall–Kier alpha value is -1.31. The zero-order valence-corrected chi connectivity index (χ0v) is 8.32. The maximum absolute atomic E-state index is 10.6. The van der Waals surface area contributed by atoms with Crippen LogP contribution in [0.4, 0.5) is 0 Å². The van der Waals surface area contributed by atoms with Crippen molar-refractivity contribution in [2.24, 2.45) is 0 Å². The van der Waals surface area contributed by atoms with E-state index in [0.29, 0.717) is 0 Å². The van der Waals surface area contributed by atoms with Crippen molar-refractivity contribution in [2.45, 2.75) is 25.7 Å². The monoisotopic (exact) mass is 190 g/mol. The van der Waals surface area contributed by atoms with Crippen LogP contribution in [0.2, 0.25) is 0 Å². The second-order valence-corrected chi connectivity index (χ2v) is 3.74. The molecule has 1 aliphatic heterocycles. The second-order valence-electron chi connectivity index (χ2n) is 3.74. The number of aldehydes is 1. The molecule has 1 unspecified atom stereocenters. The van der Waals surface area contributed by atoms with E-state index in [1.807, 2.05) is 19.1 Å². The molecule has 0 bridgehead atoms. The van der Waals surface area contributed by atoms with Crippen LogP contribution in [0.25, 0.3) is 0 Å². The molecule has 0 N–H and O–H groups in total. The molecule has 74 valence electrons. The summed E-state index contributed by atoms with van der Waals surface area (Å²) in [6, 6.07) is 6.09. The van der Waals surface area contributed by atoms with Crippen LogP contribution >= 0.6 is 0 Å². The molecule has 1 aliphatic rings. The Kier molecular flexibility index (Phi) is 2.53. The number of aryl methyl sites for hydroxylation is 1. The van der Waals surface area contributed by atoms with Gasteiger partial charge in [0, 0.05) is 5.92 Å². The first-order valence-electron chi connectivity index (χ1n) is 5.02. The van der Waals surface area contributed by atoms with Crippen LogP contribution in [0.1, 0.15) is 30.4 Å². The zero-order valence-electron chi connectivity index (χ0n) is 8.32. The predicted molar refractivity (Wildman–Crippen MR) is 54.7 cm³/mol. The van der Waals surface area contributed by atoms with Crippen molar-refractivity contribution in [3.63, 3.8) is 0 Å². The van der Waals surface area contributed by atoms with E-state index in [1.54, 1.807) is 0 Å². The molecule has 0 saturated heterocycles.